The zero-order valence-electron chi connectivity index (χ0n) is 13.3. The van der Waals surface area contributed by atoms with Crippen molar-refractivity contribution >= 4 is 18.4 Å². The molecule has 22 heavy (non-hydrogen) atoms. The summed E-state index contributed by atoms with van der Waals surface area (Å²) in [5.41, 5.74) is 0.234. The fraction of sp³-hybridized carbons (Fsp3) is 0.588. The van der Waals surface area contributed by atoms with E-state index in [0.29, 0.717) is 12.6 Å². The fourth-order valence-corrected chi connectivity index (χ4v) is 2.85. The van der Waals surface area contributed by atoms with Crippen LogP contribution in [0.2, 0.25) is 0 Å². The molecule has 1 saturated heterocycles. The summed E-state index contributed by atoms with van der Waals surface area (Å²) in [6, 6.07) is 7.09. The van der Waals surface area contributed by atoms with Crippen molar-refractivity contribution in [2.75, 3.05) is 19.7 Å². The Morgan fingerprint density at radius 2 is 2.05 bits per heavy atom. The van der Waals surface area contributed by atoms with E-state index in [1.165, 1.54) is 18.9 Å². The van der Waals surface area contributed by atoms with Gasteiger partial charge in [-0.05, 0) is 44.2 Å². The third-order valence-corrected chi connectivity index (χ3v) is 4.19. The van der Waals surface area contributed by atoms with E-state index in [2.05, 4.69) is 18.7 Å². The van der Waals surface area contributed by atoms with Crippen molar-refractivity contribution in [2.45, 2.75) is 39.2 Å². The number of carbonyl (C=O) groups excluding carboxylic acids is 1. The van der Waals surface area contributed by atoms with Gasteiger partial charge in [-0.2, -0.15) is 0 Å². The molecule has 0 radical (unpaired) electrons. The molecular weight excluding hydrogens is 302 g/mol. The lowest BCUT2D eigenvalue weighted by Gasteiger charge is -2.36. The van der Waals surface area contributed by atoms with Crippen LogP contribution in [-0.4, -0.2) is 41.7 Å². The van der Waals surface area contributed by atoms with Crippen molar-refractivity contribution in [3.8, 4) is 5.75 Å². The molecule has 2 atom stereocenters. The first kappa shape index (κ1) is 18.8. The lowest BCUT2D eigenvalue weighted by molar-refractivity contribution is 0.0462. The molecule has 1 aliphatic rings. The van der Waals surface area contributed by atoms with Crippen LogP contribution in [0.1, 0.15) is 43.5 Å². The number of piperidine rings is 1. The number of benzene rings is 1. The van der Waals surface area contributed by atoms with Gasteiger partial charge in [-0.15, -0.1) is 12.4 Å². The number of carbonyl (C=O) groups is 1. The normalized spacial score (nSPS) is 21.9. The lowest BCUT2D eigenvalue weighted by Crippen LogP contribution is -2.41. The largest absolute Gasteiger partial charge is 0.507 e. The molecule has 0 bridgehead atoms. The summed E-state index contributed by atoms with van der Waals surface area (Å²) in [5.74, 6) is 0.277. The van der Waals surface area contributed by atoms with E-state index in [-0.39, 0.29) is 23.7 Å². The molecule has 1 heterocycles. The molecule has 124 valence electrons. The number of halogens is 1. The Balaban J connectivity index is 0.00000242. The number of para-hydroxylation sites is 1. The molecule has 1 aromatic carbocycles. The van der Waals surface area contributed by atoms with E-state index in [4.69, 9.17) is 4.74 Å². The second-order valence-electron chi connectivity index (χ2n) is 6.03. The van der Waals surface area contributed by atoms with E-state index >= 15 is 0 Å². The summed E-state index contributed by atoms with van der Waals surface area (Å²) in [5, 5.41) is 9.60. The Morgan fingerprint density at radius 3 is 2.77 bits per heavy atom. The van der Waals surface area contributed by atoms with Crippen LogP contribution >= 0.6 is 12.4 Å². The summed E-state index contributed by atoms with van der Waals surface area (Å²) in [7, 11) is 0. The van der Waals surface area contributed by atoms with Gasteiger partial charge in [0.05, 0.1) is 6.61 Å². The first-order valence-electron chi connectivity index (χ1n) is 7.77. The van der Waals surface area contributed by atoms with Crippen LogP contribution in [0.5, 0.6) is 5.75 Å². The molecular formula is C17H26ClNO3. The molecule has 1 fully saturated rings. The second kappa shape index (κ2) is 9.01. The minimum Gasteiger partial charge on any atom is -0.507 e. The van der Waals surface area contributed by atoms with Crippen molar-refractivity contribution in [1.82, 2.24) is 4.90 Å². The van der Waals surface area contributed by atoms with Gasteiger partial charge >= 0.3 is 5.97 Å². The minimum absolute atomic E-state index is 0. The zero-order valence-corrected chi connectivity index (χ0v) is 14.1. The highest BCUT2D eigenvalue weighted by molar-refractivity contribution is 5.92. The first-order valence-corrected chi connectivity index (χ1v) is 7.77. The van der Waals surface area contributed by atoms with Crippen LogP contribution in [-0.2, 0) is 4.74 Å². The number of aromatic hydroxyl groups is 1. The smallest absolute Gasteiger partial charge is 0.341 e. The number of ether oxygens (including phenoxy) is 1. The summed E-state index contributed by atoms with van der Waals surface area (Å²) in [6.07, 6.45) is 3.38. The first-order chi connectivity index (χ1) is 10.1. The number of phenolic OH excluding ortho intramolecular Hbond substituents is 1. The SMILES string of the molecule is CC1CCC(C)N(CCCOC(=O)c2ccccc2O)C1.Cl. The molecule has 0 amide bonds. The quantitative estimate of drug-likeness (QED) is 0.664. The van der Waals surface area contributed by atoms with Crippen LogP contribution in [0.4, 0.5) is 0 Å². The molecule has 0 aliphatic carbocycles. The Labute approximate surface area is 138 Å². The van der Waals surface area contributed by atoms with Crippen molar-refractivity contribution in [3.05, 3.63) is 29.8 Å². The van der Waals surface area contributed by atoms with Crippen LogP contribution < -0.4 is 0 Å². The monoisotopic (exact) mass is 327 g/mol. The summed E-state index contributed by atoms with van der Waals surface area (Å²) in [6.45, 7) is 7.04. The number of hydrogen-bond acceptors (Lipinski definition) is 4. The Morgan fingerprint density at radius 1 is 1.32 bits per heavy atom. The zero-order chi connectivity index (χ0) is 15.2. The van der Waals surface area contributed by atoms with Crippen LogP contribution in [0, 0.1) is 5.92 Å². The number of likely N-dealkylation sites (tertiary alicyclic amines) is 1. The highest BCUT2D eigenvalue weighted by atomic mass is 35.5. The number of phenols is 1. The summed E-state index contributed by atoms with van der Waals surface area (Å²) >= 11 is 0. The maximum atomic E-state index is 11.8. The topological polar surface area (TPSA) is 49.8 Å². The van der Waals surface area contributed by atoms with Gasteiger partial charge in [0.15, 0.2) is 0 Å². The van der Waals surface area contributed by atoms with E-state index in [9.17, 15) is 9.90 Å². The van der Waals surface area contributed by atoms with Gasteiger partial charge in [0.25, 0.3) is 0 Å². The van der Waals surface area contributed by atoms with Gasteiger partial charge < -0.3 is 14.7 Å². The molecule has 1 N–H and O–H groups in total. The third-order valence-electron chi connectivity index (χ3n) is 4.19. The van der Waals surface area contributed by atoms with Crippen molar-refractivity contribution in [2.24, 2.45) is 5.92 Å². The van der Waals surface area contributed by atoms with E-state index in [0.717, 1.165) is 25.4 Å². The van der Waals surface area contributed by atoms with E-state index in [1.54, 1.807) is 18.2 Å². The maximum absolute atomic E-state index is 11.8. The molecule has 1 aliphatic heterocycles. The molecule has 2 rings (SSSR count). The van der Waals surface area contributed by atoms with E-state index in [1.807, 2.05) is 0 Å². The Bertz CT molecular complexity index is 481. The van der Waals surface area contributed by atoms with Crippen molar-refractivity contribution in [3.63, 3.8) is 0 Å². The van der Waals surface area contributed by atoms with Gasteiger partial charge in [0, 0.05) is 19.1 Å². The standard InChI is InChI=1S/C17H25NO3.ClH/c1-13-8-9-14(2)18(12-13)10-5-11-21-17(20)15-6-3-4-7-16(15)19;/h3-4,6-7,13-14,19H,5,8-12H2,1-2H3;1H. The van der Waals surface area contributed by atoms with Gasteiger partial charge in [0.1, 0.15) is 11.3 Å². The van der Waals surface area contributed by atoms with Crippen LogP contribution in [0.25, 0.3) is 0 Å². The number of esters is 1. The fourth-order valence-electron chi connectivity index (χ4n) is 2.85. The predicted molar refractivity (Wildman–Crippen MR) is 89.7 cm³/mol. The van der Waals surface area contributed by atoms with Gasteiger partial charge in [-0.3, -0.25) is 0 Å². The van der Waals surface area contributed by atoms with Crippen molar-refractivity contribution < 1.29 is 14.6 Å². The van der Waals surface area contributed by atoms with E-state index < -0.39 is 5.97 Å². The highest BCUT2D eigenvalue weighted by Gasteiger charge is 2.22. The van der Waals surface area contributed by atoms with Crippen molar-refractivity contribution in [1.29, 1.82) is 0 Å². The van der Waals surface area contributed by atoms with Crippen LogP contribution in [0.15, 0.2) is 24.3 Å². The third kappa shape index (κ3) is 5.18. The minimum atomic E-state index is -0.451. The molecule has 4 nitrogen and oxygen atoms in total. The highest BCUT2D eigenvalue weighted by Crippen LogP contribution is 2.21. The molecule has 2 unspecified atom stereocenters. The van der Waals surface area contributed by atoms with Gasteiger partial charge in [-0.25, -0.2) is 4.79 Å². The van der Waals surface area contributed by atoms with Gasteiger partial charge in [0.2, 0.25) is 0 Å². The molecule has 0 spiro atoms. The second-order valence-corrected chi connectivity index (χ2v) is 6.03. The number of rotatable bonds is 5. The lowest BCUT2D eigenvalue weighted by atomic mass is 9.95. The average Bonchev–Trinajstić information content (AvgIpc) is 2.47. The van der Waals surface area contributed by atoms with Gasteiger partial charge in [-0.1, -0.05) is 19.1 Å². The number of hydrogen-bond donors (Lipinski definition) is 1. The molecule has 0 aromatic heterocycles. The summed E-state index contributed by atoms with van der Waals surface area (Å²) in [4.78, 5) is 14.3. The predicted octanol–water partition coefficient (Wildman–Crippen LogP) is 3.48. The Kier molecular flexibility index (Phi) is 7.69. The average molecular weight is 328 g/mol. The van der Waals surface area contributed by atoms with Crippen LogP contribution in [0.3, 0.4) is 0 Å². The number of nitrogens with zero attached hydrogens (tertiary/aromatic N) is 1. The molecule has 1 aromatic rings. The molecule has 0 saturated carbocycles. The maximum Gasteiger partial charge on any atom is 0.341 e. The Hall–Kier alpha value is -1.26. The summed E-state index contributed by atoms with van der Waals surface area (Å²) < 4.78 is 5.24. The molecule has 5 heteroatoms.